The summed E-state index contributed by atoms with van der Waals surface area (Å²) in [6, 6.07) is 8.70. The van der Waals surface area contributed by atoms with Crippen LogP contribution in [0.4, 0.5) is 0 Å². The highest BCUT2D eigenvalue weighted by Crippen LogP contribution is 2.31. The van der Waals surface area contributed by atoms with E-state index in [0.717, 1.165) is 4.47 Å². The molecule has 1 aromatic heterocycles. The van der Waals surface area contributed by atoms with Crippen molar-refractivity contribution in [3.8, 4) is 0 Å². The van der Waals surface area contributed by atoms with E-state index in [1.807, 2.05) is 19.1 Å². The van der Waals surface area contributed by atoms with Gasteiger partial charge in [0.05, 0.1) is 29.4 Å². The minimum absolute atomic E-state index is 0.145. The third-order valence-corrected chi connectivity index (χ3v) is 4.63. The number of hydrogen-bond acceptors (Lipinski definition) is 3. The molecular formula is C17H17BrClNO3. The molecule has 2 rings (SSSR count). The van der Waals surface area contributed by atoms with Crippen LogP contribution in [0.1, 0.15) is 41.0 Å². The van der Waals surface area contributed by atoms with Crippen molar-refractivity contribution in [1.82, 2.24) is 4.57 Å². The third-order valence-electron chi connectivity index (χ3n) is 3.79. The van der Waals surface area contributed by atoms with Gasteiger partial charge < -0.3 is 9.30 Å². The van der Waals surface area contributed by atoms with Crippen LogP contribution in [0.15, 0.2) is 34.8 Å². The molecule has 0 bridgehead atoms. The number of halogens is 2. The predicted molar refractivity (Wildman–Crippen MR) is 93.0 cm³/mol. The van der Waals surface area contributed by atoms with Gasteiger partial charge in [-0.05, 0) is 36.8 Å². The lowest BCUT2D eigenvalue weighted by Crippen LogP contribution is -2.18. The molecule has 0 aliphatic rings. The lowest BCUT2D eigenvalue weighted by Gasteiger charge is -2.15. The molecule has 0 radical (unpaired) electrons. The average molecular weight is 399 g/mol. The first kappa shape index (κ1) is 17.8. The molecule has 0 fully saturated rings. The highest BCUT2D eigenvalue weighted by atomic mass is 79.9. The Bertz CT molecular complexity index is 737. The Kier molecular flexibility index (Phi) is 5.65. The van der Waals surface area contributed by atoms with Gasteiger partial charge in [0.15, 0.2) is 0 Å². The first-order valence-electron chi connectivity index (χ1n) is 7.13. The van der Waals surface area contributed by atoms with E-state index < -0.39 is 5.92 Å². The van der Waals surface area contributed by atoms with Crippen LogP contribution in [0.3, 0.4) is 0 Å². The quantitative estimate of drug-likeness (QED) is 0.556. The van der Waals surface area contributed by atoms with Crippen LogP contribution in [0.25, 0.3) is 0 Å². The second kappa shape index (κ2) is 7.32. The second-order valence-electron chi connectivity index (χ2n) is 5.14. The van der Waals surface area contributed by atoms with Crippen LogP contribution in [0, 0.1) is 0 Å². The van der Waals surface area contributed by atoms with Crippen molar-refractivity contribution < 1.29 is 14.3 Å². The van der Waals surface area contributed by atoms with E-state index in [2.05, 4.69) is 15.9 Å². The number of methoxy groups -OCH3 is 1. The number of carbonyl (C=O) groups is 2. The Balaban J connectivity index is 2.46. The number of aromatic nitrogens is 1. The SMILES string of the molecule is CCC(C(=O)OC)c1c(Cl)cc(C(=O)c2ccc(Br)cc2)n1C. The van der Waals surface area contributed by atoms with E-state index in [1.165, 1.54) is 7.11 Å². The molecular weight excluding hydrogens is 382 g/mol. The maximum Gasteiger partial charge on any atom is 0.314 e. The molecule has 6 heteroatoms. The standard InChI is InChI=1S/C17H17BrClNO3/c1-4-12(17(22)23-3)15-13(19)9-14(20(15)2)16(21)10-5-7-11(18)8-6-10/h5-9,12H,4H2,1-3H3. The van der Waals surface area contributed by atoms with Crippen LogP contribution in [-0.2, 0) is 16.6 Å². The van der Waals surface area contributed by atoms with Gasteiger partial charge in [-0.15, -0.1) is 0 Å². The molecule has 1 heterocycles. The zero-order valence-electron chi connectivity index (χ0n) is 13.1. The van der Waals surface area contributed by atoms with Crippen LogP contribution < -0.4 is 0 Å². The summed E-state index contributed by atoms with van der Waals surface area (Å²) in [7, 11) is 3.08. The van der Waals surface area contributed by atoms with E-state index in [1.54, 1.807) is 29.8 Å². The van der Waals surface area contributed by atoms with Crippen molar-refractivity contribution in [2.45, 2.75) is 19.3 Å². The number of carbonyl (C=O) groups excluding carboxylic acids is 2. The van der Waals surface area contributed by atoms with Crippen molar-refractivity contribution >= 4 is 39.3 Å². The number of hydrogen-bond donors (Lipinski definition) is 0. The molecule has 1 unspecified atom stereocenters. The Labute approximate surface area is 148 Å². The lowest BCUT2D eigenvalue weighted by molar-refractivity contribution is -0.142. The summed E-state index contributed by atoms with van der Waals surface area (Å²) in [6.07, 6.45) is 0.538. The minimum atomic E-state index is -0.496. The summed E-state index contributed by atoms with van der Waals surface area (Å²) in [5.74, 6) is -1.00. The molecule has 0 saturated heterocycles. The molecule has 0 amide bonds. The molecule has 1 aromatic carbocycles. The Morgan fingerprint density at radius 1 is 1.30 bits per heavy atom. The maximum atomic E-state index is 12.7. The Hall–Kier alpha value is -1.59. The number of ether oxygens (including phenoxy) is 1. The van der Waals surface area contributed by atoms with Gasteiger partial charge in [-0.25, -0.2) is 0 Å². The molecule has 23 heavy (non-hydrogen) atoms. The molecule has 2 aromatic rings. The number of nitrogens with zero attached hydrogens (tertiary/aromatic N) is 1. The van der Waals surface area contributed by atoms with Crippen molar-refractivity contribution in [2.75, 3.05) is 7.11 Å². The van der Waals surface area contributed by atoms with Gasteiger partial charge in [0, 0.05) is 17.1 Å². The molecule has 0 spiro atoms. The van der Waals surface area contributed by atoms with Gasteiger partial charge in [0.1, 0.15) is 0 Å². The first-order chi connectivity index (χ1) is 10.9. The number of benzene rings is 1. The van der Waals surface area contributed by atoms with E-state index in [0.29, 0.717) is 28.4 Å². The summed E-state index contributed by atoms with van der Waals surface area (Å²) in [5.41, 5.74) is 1.60. The molecule has 4 nitrogen and oxygen atoms in total. The fourth-order valence-electron chi connectivity index (χ4n) is 2.56. The minimum Gasteiger partial charge on any atom is -0.469 e. The van der Waals surface area contributed by atoms with Crippen LogP contribution >= 0.6 is 27.5 Å². The summed E-state index contributed by atoms with van der Waals surface area (Å²) in [5, 5.41) is 0.394. The van der Waals surface area contributed by atoms with Gasteiger partial charge in [0.2, 0.25) is 5.78 Å². The van der Waals surface area contributed by atoms with Gasteiger partial charge in [-0.1, -0.05) is 34.5 Å². The number of rotatable bonds is 5. The monoisotopic (exact) mass is 397 g/mol. The van der Waals surface area contributed by atoms with E-state index in [-0.39, 0.29) is 11.8 Å². The lowest BCUT2D eigenvalue weighted by atomic mass is 10.0. The smallest absolute Gasteiger partial charge is 0.314 e. The summed E-state index contributed by atoms with van der Waals surface area (Å²) in [6.45, 7) is 1.88. The zero-order chi connectivity index (χ0) is 17.1. The van der Waals surface area contributed by atoms with Crippen molar-refractivity contribution in [1.29, 1.82) is 0 Å². The van der Waals surface area contributed by atoms with Crippen molar-refractivity contribution in [2.24, 2.45) is 7.05 Å². The van der Waals surface area contributed by atoms with E-state index in [4.69, 9.17) is 16.3 Å². The Morgan fingerprint density at radius 2 is 1.91 bits per heavy atom. The third kappa shape index (κ3) is 3.51. The fraction of sp³-hybridized carbons (Fsp3) is 0.294. The van der Waals surface area contributed by atoms with Gasteiger partial charge in [0.25, 0.3) is 0 Å². The van der Waals surface area contributed by atoms with Gasteiger partial charge in [-0.3, -0.25) is 9.59 Å². The highest BCUT2D eigenvalue weighted by Gasteiger charge is 2.28. The maximum absolute atomic E-state index is 12.7. The second-order valence-corrected chi connectivity index (χ2v) is 6.46. The Morgan fingerprint density at radius 3 is 2.43 bits per heavy atom. The molecule has 122 valence electrons. The van der Waals surface area contributed by atoms with Crippen LogP contribution in [0.5, 0.6) is 0 Å². The van der Waals surface area contributed by atoms with Gasteiger partial charge >= 0.3 is 5.97 Å². The summed E-state index contributed by atoms with van der Waals surface area (Å²) in [4.78, 5) is 24.6. The number of ketones is 1. The molecule has 0 N–H and O–H groups in total. The van der Waals surface area contributed by atoms with Crippen LogP contribution in [0.2, 0.25) is 5.02 Å². The predicted octanol–water partition coefficient (Wildman–Crippen LogP) is 4.34. The van der Waals surface area contributed by atoms with E-state index >= 15 is 0 Å². The zero-order valence-corrected chi connectivity index (χ0v) is 15.4. The summed E-state index contributed by atoms with van der Waals surface area (Å²) < 4.78 is 7.41. The average Bonchev–Trinajstić information content (AvgIpc) is 2.84. The molecule has 0 aliphatic heterocycles. The molecule has 0 saturated carbocycles. The normalized spacial score (nSPS) is 12.0. The van der Waals surface area contributed by atoms with Gasteiger partial charge in [-0.2, -0.15) is 0 Å². The fourth-order valence-corrected chi connectivity index (χ4v) is 3.19. The van der Waals surface area contributed by atoms with E-state index in [9.17, 15) is 9.59 Å². The molecule has 0 aliphatic carbocycles. The van der Waals surface area contributed by atoms with Crippen LogP contribution in [-0.4, -0.2) is 23.4 Å². The molecule has 1 atom stereocenters. The first-order valence-corrected chi connectivity index (χ1v) is 8.31. The van der Waals surface area contributed by atoms with Crippen molar-refractivity contribution in [3.63, 3.8) is 0 Å². The van der Waals surface area contributed by atoms with Crippen molar-refractivity contribution in [3.05, 3.63) is 56.8 Å². The summed E-state index contributed by atoms with van der Waals surface area (Å²) >= 11 is 9.64. The number of esters is 1. The topological polar surface area (TPSA) is 48.3 Å². The largest absolute Gasteiger partial charge is 0.469 e. The highest BCUT2D eigenvalue weighted by molar-refractivity contribution is 9.10.